The molecule has 0 aliphatic carbocycles. The van der Waals surface area contributed by atoms with Gasteiger partial charge in [-0.3, -0.25) is 14.5 Å². The fraction of sp³-hybridized carbons (Fsp3) is 0.179. The van der Waals surface area contributed by atoms with Gasteiger partial charge in [-0.05, 0) is 67.1 Å². The molecule has 0 aromatic heterocycles. The Morgan fingerprint density at radius 3 is 2.22 bits per heavy atom. The van der Waals surface area contributed by atoms with Gasteiger partial charge in [-0.1, -0.05) is 23.7 Å². The maximum atomic E-state index is 13.3. The number of carbonyl (C=O) groups is 3. The Morgan fingerprint density at radius 2 is 1.62 bits per heavy atom. The van der Waals surface area contributed by atoms with Crippen LogP contribution in [0.25, 0.3) is 5.76 Å². The van der Waals surface area contributed by atoms with Crippen molar-refractivity contribution in [2.75, 3.05) is 25.7 Å². The molecule has 1 unspecified atom stereocenters. The predicted octanol–water partition coefficient (Wildman–Crippen LogP) is 5.16. The van der Waals surface area contributed by atoms with Gasteiger partial charge in [-0.2, -0.15) is 0 Å². The van der Waals surface area contributed by atoms with Gasteiger partial charge in [0.2, 0.25) is 0 Å². The maximum absolute atomic E-state index is 13.3. The van der Waals surface area contributed by atoms with E-state index in [1.54, 1.807) is 55.5 Å². The van der Waals surface area contributed by atoms with E-state index >= 15 is 0 Å². The Labute approximate surface area is 218 Å². The third-order valence-corrected chi connectivity index (χ3v) is 6.26. The number of anilines is 1. The number of ether oxygens (including phenoxy) is 3. The molecule has 1 amide bonds. The Morgan fingerprint density at radius 1 is 0.973 bits per heavy atom. The molecule has 37 heavy (non-hydrogen) atoms. The number of benzene rings is 3. The molecule has 1 atom stereocenters. The van der Waals surface area contributed by atoms with Crippen molar-refractivity contribution in [3.8, 4) is 11.5 Å². The van der Waals surface area contributed by atoms with E-state index in [-0.39, 0.29) is 22.5 Å². The normalized spacial score (nSPS) is 16.5. The van der Waals surface area contributed by atoms with E-state index < -0.39 is 23.7 Å². The van der Waals surface area contributed by atoms with Crippen LogP contribution >= 0.6 is 11.6 Å². The van der Waals surface area contributed by atoms with Gasteiger partial charge in [0, 0.05) is 11.3 Å². The molecular weight excluding hydrogens is 498 g/mol. The molecule has 0 spiro atoms. The van der Waals surface area contributed by atoms with Gasteiger partial charge in [0.05, 0.1) is 43.0 Å². The number of aliphatic hydroxyl groups is 1. The number of amides is 1. The molecule has 1 N–H and O–H groups in total. The highest BCUT2D eigenvalue weighted by Gasteiger charge is 2.47. The second kappa shape index (κ2) is 10.8. The minimum absolute atomic E-state index is 0.100. The number of esters is 1. The minimum atomic E-state index is -0.957. The lowest BCUT2D eigenvalue weighted by Gasteiger charge is -2.25. The highest BCUT2D eigenvalue weighted by atomic mass is 35.5. The van der Waals surface area contributed by atoms with E-state index in [2.05, 4.69) is 0 Å². The summed E-state index contributed by atoms with van der Waals surface area (Å²) in [5.41, 5.74) is 1.38. The molecule has 8 nitrogen and oxygen atoms in total. The number of methoxy groups -OCH3 is 2. The molecule has 190 valence electrons. The van der Waals surface area contributed by atoms with Crippen molar-refractivity contribution in [3.05, 3.63) is 94.0 Å². The number of hydrogen-bond donors (Lipinski definition) is 1. The van der Waals surface area contributed by atoms with Crippen LogP contribution in [0.4, 0.5) is 5.69 Å². The van der Waals surface area contributed by atoms with E-state index in [0.717, 1.165) is 0 Å². The molecule has 0 bridgehead atoms. The highest BCUT2D eigenvalue weighted by molar-refractivity contribution is 6.51. The van der Waals surface area contributed by atoms with Crippen molar-refractivity contribution < 1.29 is 33.7 Å². The first-order valence-corrected chi connectivity index (χ1v) is 11.7. The fourth-order valence-electron chi connectivity index (χ4n) is 4.15. The number of nitrogens with zero attached hydrogens (tertiary/aromatic N) is 1. The summed E-state index contributed by atoms with van der Waals surface area (Å²) in [6, 6.07) is 16.6. The van der Waals surface area contributed by atoms with Crippen molar-refractivity contribution in [1.82, 2.24) is 0 Å². The monoisotopic (exact) mass is 521 g/mol. The minimum Gasteiger partial charge on any atom is -0.507 e. The van der Waals surface area contributed by atoms with Crippen LogP contribution in [-0.2, 0) is 14.3 Å². The molecule has 4 rings (SSSR count). The highest BCUT2D eigenvalue weighted by Crippen LogP contribution is 2.43. The van der Waals surface area contributed by atoms with Crippen LogP contribution < -0.4 is 14.4 Å². The molecule has 1 aliphatic rings. The van der Waals surface area contributed by atoms with E-state index in [4.69, 9.17) is 25.8 Å². The van der Waals surface area contributed by atoms with Gasteiger partial charge in [-0.25, -0.2) is 4.79 Å². The lowest BCUT2D eigenvalue weighted by atomic mass is 9.95. The van der Waals surface area contributed by atoms with Crippen LogP contribution in [0.3, 0.4) is 0 Å². The first-order valence-electron chi connectivity index (χ1n) is 11.4. The average molecular weight is 522 g/mol. The Bertz CT molecular complexity index is 1380. The second-order valence-corrected chi connectivity index (χ2v) is 8.47. The van der Waals surface area contributed by atoms with Crippen molar-refractivity contribution >= 4 is 40.7 Å². The van der Waals surface area contributed by atoms with Crippen LogP contribution in [0.5, 0.6) is 11.5 Å². The predicted molar refractivity (Wildman–Crippen MR) is 138 cm³/mol. The number of hydrogen-bond acceptors (Lipinski definition) is 7. The van der Waals surface area contributed by atoms with Crippen molar-refractivity contribution in [3.63, 3.8) is 0 Å². The zero-order valence-corrected chi connectivity index (χ0v) is 21.1. The molecule has 3 aromatic rings. The second-order valence-electron chi connectivity index (χ2n) is 8.06. The first kappa shape index (κ1) is 25.8. The molecule has 1 heterocycles. The van der Waals surface area contributed by atoms with Gasteiger partial charge in [-0.15, -0.1) is 0 Å². The Balaban J connectivity index is 1.89. The SMILES string of the molecule is CCOc1cc(/C(O)=C2/C(=O)C(=O)N(c3ccc(C(=O)OC)cc3)C2c2ccc(OC)cc2)ccc1Cl. The van der Waals surface area contributed by atoms with E-state index in [1.165, 1.54) is 37.3 Å². The fourth-order valence-corrected chi connectivity index (χ4v) is 4.32. The van der Waals surface area contributed by atoms with Gasteiger partial charge < -0.3 is 19.3 Å². The topological polar surface area (TPSA) is 102 Å². The quantitative estimate of drug-likeness (QED) is 0.198. The molecule has 0 saturated carbocycles. The molecule has 1 fully saturated rings. The lowest BCUT2D eigenvalue weighted by Crippen LogP contribution is -2.29. The summed E-state index contributed by atoms with van der Waals surface area (Å²) >= 11 is 6.20. The number of ketones is 1. The first-order chi connectivity index (χ1) is 17.8. The molecule has 3 aromatic carbocycles. The number of rotatable bonds is 7. The van der Waals surface area contributed by atoms with Crippen LogP contribution in [0.2, 0.25) is 5.02 Å². The summed E-state index contributed by atoms with van der Waals surface area (Å²) in [6.45, 7) is 2.14. The zero-order valence-electron chi connectivity index (χ0n) is 20.4. The summed E-state index contributed by atoms with van der Waals surface area (Å²) in [6.07, 6.45) is 0. The number of Topliss-reactive ketones (excluding diaryl/α,β-unsaturated/α-hetero) is 1. The van der Waals surface area contributed by atoms with Crippen molar-refractivity contribution in [2.24, 2.45) is 0 Å². The summed E-state index contributed by atoms with van der Waals surface area (Å²) in [5.74, 6) is -1.67. The third kappa shape index (κ3) is 4.88. The summed E-state index contributed by atoms with van der Waals surface area (Å²) in [4.78, 5) is 39.8. The van der Waals surface area contributed by atoms with E-state index in [1.807, 2.05) is 0 Å². The number of halogens is 1. The Hall–Kier alpha value is -4.30. The maximum Gasteiger partial charge on any atom is 0.337 e. The van der Waals surface area contributed by atoms with E-state index in [9.17, 15) is 19.5 Å². The average Bonchev–Trinajstić information content (AvgIpc) is 3.19. The van der Waals surface area contributed by atoms with Crippen LogP contribution in [0.1, 0.15) is 34.5 Å². The smallest absolute Gasteiger partial charge is 0.337 e. The van der Waals surface area contributed by atoms with Crippen molar-refractivity contribution in [2.45, 2.75) is 13.0 Å². The molecule has 9 heteroatoms. The third-order valence-electron chi connectivity index (χ3n) is 5.95. The summed E-state index contributed by atoms with van der Waals surface area (Å²) in [5, 5.41) is 11.7. The van der Waals surface area contributed by atoms with Crippen molar-refractivity contribution in [1.29, 1.82) is 0 Å². The van der Waals surface area contributed by atoms with Gasteiger partial charge >= 0.3 is 5.97 Å². The summed E-state index contributed by atoms with van der Waals surface area (Å²) < 4.78 is 15.5. The standard InChI is InChI=1S/C28H24ClNO7/c1-4-37-22-15-18(9-14-21(22)29)25(31)23-24(16-7-12-20(35-2)13-8-16)30(27(33)26(23)32)19-10-5-17(6-11-19)28(34)36-3/h5-15,24,31H,4H2,1-3H3/b25-23-. The summed E-state index contributed by atoms with van der Waals surface area (Å²) in [7, 11) is 2.80. The van der Waals surface area contributed by atoms with E-state index in [0.29, 0.717) is 34.4 Å². The molecule has 1 saturated heterocycles. The largest absolute Gasteiger partial charge is 0.507 e. The van der Waals surface area contributed by atoms with Crippen LogP contribution in [-0.4, -0.2) is 43.6 Å². The zero-order chi connectivity index (χ0) is 26.7. The van der Waals surface area contributed by atoms with Crippen LogP contribution in [0.15, 0.2) is 72.3 Å². The number of carbonyl (C=O) groups excluding carboxylic acids is 3. The molecule has 1 aliphatic heterocycles. The number of aliphatic hydroxyl groups excluding tert-OH is 1. The van der Waals surface area contributed by atoms with Gasteiger partial charge in [0.25, 0.3) is 11.7 Å². The Kier molecular flexibility index (Phi) is 7.50. The van der Waals surface area contributed by atoms with Crippen LogP contribution in [0, 0.1) is 0 Å². The van der Waals surface area contributed by atoms with Gasteiger partial charge in [0.15, 0.2) is 0 Å². The molecule has 0 radical (unpaired) electrons. The lowest BCUT2D eigenvalue weighted by molar-refractivity contribution is -0.132. The van der Waals surface area contributed by atoms with Gasteiger partial charge in [0.1, 0.15) is 17.3 Å². The molecular formula is C28H24ClNO7.